The van der Waals surface area contributed by atoms with Crippen molar-refractivity contribution in [2.24, 2.45) is 5.41 Å². The van der Waals surface area contributed by atoms with E-state index in [1.54, 1.807) is 0 Å². The maximum absolute atomic E-state index is 13.1. The van der Waals surface area contributed by atoms with Crippen LogP contribution >= 0.6 is 0 Å². The SMILES string of the molecule is CN1CCC(C)(CNC(=O)c2ccc(F)c(N)c2)CC1. The molecular weight excluding hydrogens is 257 g/mol. The normalized spacial score (nSPS) is 18.8. The molecule has 3 N–H and O–H groups in total. The zero-order chi connectivity index (χ0) is 14.8. The summed E-state index contributed by atoms with van der Waals surface area (Å²) in [5.41, 5.74) is 6.02. The Kier molecular flexibility index (Phi) is 4.28. The number of amides is 1. The monoisotopic (exact) mass is 279 g/mol. The van der Waals surface area contributed by atoms with Crippen molar-refractivity contribution in [3.05, 3.63) is 29.6 Å². The fourth-order valence-corrected chi connectivity index (χ4v) is 2.42. The van der Waals surface area contributed by atoms with Crippen molar-refractivity contribution in [3.8, 4) is 0 Å². The van der Waals surface area contributed by atoms with Gasteiger partial charge < -0.3 is 16.0 Å². The first-order valence-corrected chi connectivity index (χ1v) is 6.91. The number of benzene rings is 1. The summed E-state index contributed by atoms with van der Waals surface area (Å²) in [5, 5.41) is 2.94. The molecule has 0 bridgehead atoms. The van der Waals surface area contributed by atoms with Gasteiger partial charge in [0.15, 0.2) is 0 Å². The molecule has 0 atom stereocenters. The highest BCUT2D eigenvalue weighted by molar-refractivity contribution is 5.95. The van der Waals surface area contributed by atoms with Gasteiger partial charge in [-0.1, -0.05) is 6.92 Å². The Labute approximate surface area is 119 Å². The minimum atomic E-state index is -0.496. The predicted molar refractivity (Wildman–Crippen MR) is 78.0 cm³/mol. The van der Waals surface area contributed by atoms with Gasteiger partial charge in [0, 0.05) is 12.1 Å². The molecule has 1 aliphatic rings. The summed E-state index contributed by atoms with van der Waals surface area (Å²) < 4.78 is 13.1. The van der Waals surface area contributed by atoms with Gasteiger partial charge >= 0.3 is 0 Å². The van der Waals surface area contributed by atoms with Gasteiger partial charge in [-0.15, -0.1) is 0 Å². The Morgan fingerprint density at radius 1 is 1.45 bits per heavy atom. The number of nitrogens with two attached hydrogens (primary N) is 1. The molecule has 0 saturated carbocycles. The summed E-state index contributed by atoms with van der Waals surface area (Å²) in [4.78, 5) is 14.4. The summed E-state index contributed by atoms with van der Waals surface area (Å²) in [6.45, 7) is 4.93. The molecule has 0 aliphatic carbocycles. The maximum Gasteiger partial charge on any atom is 0.251 e. The topological polar surface area (TPSA) is 58.4 Å². The van der Waals surface area contributed by atoms with E-state index in [-0.39, 0.29) is 17.0 Å². The first kappa shape index (κ1) is 14.8. The number of anilines is 1. The summed E-state index contributed by atoms with van der Waals surface area (Å²) in [5.74, 6) is -0.694. The van der Waals surface area contributed by atoms with Gasteiger partial charge in [-0.2, -0.15) is 0 Å². The number of halogens is 1. The Morgan fingerprint density at radius 2 is 2.10 bits per heavy atom. The molecule has 1 aromatic carbocycles. The average Bonchev–Trinajstić information content (AvgIpc) is 2.43. The van der Waals surface area contributed by atoms with Crippen LogP contribution in [0.3, 0.4) is 0 Å². The maximum atomic E-state index is 13.1. The average molecular weight is 279 g/mol. The van der Waals surface area contributed by atoms with E-state index in [2.05, 4.69) is 24.2 Å². The first-order valence-electron chi connectivity index (χ1n) is 6.91. The molecular formula is C15H22FN3O. The van der Waals surface area contributed by atoms with E-state index in [0.29, 0.717) is 12.1 Å². The van der Waals surface area contributed by atoms with Crippen LogP contribution in [-0.2, 0) is 0 Å². The van der Waals surface area contributed by atoms with Crippen LogP contribution in [0.5, 0.6) is 0 Å². The van der Waals surface area contributed by atoms with Gasteiger partial charge in [-0.05, 0) is 56.6 Å². The molecule has 1 fully saturated rings. The van der Waals surface area contributed by atoms with E-state index in [1.807, 2.05) is 0 Å². The van der Waals surface area contributed by atoms with E-state index >= 15 is 0 Å². The molecule has 4 nitrogen and oxygen atoms in total. The minimum absolute atomic E-state index is 0.00292. The number of nitrogen functional groups attached to an aromatic ring is 1. The van der Waals surface area contributed by atoms with Crippen molar-refractivity contribution < 1.29 is 9.18 Å². The second kappa shape index (κ2) is 5.79. The van der Waals surface area contributed by atoms with E-state index in [0.717, 1.165) is 25.9 Å². The smallest absolute Gasteiger partial charge is 0.251 e. The lowest BCUT2D eigenvalue weighted by Crippen LogP contribution is -2.43. The lowest BCUT2D eigenvalue weighted by atomic mass is 9.80. The van der Waals surface area contributed by atoms with Crippen LogP contribution in [0.2, 0.25) is 0 Å². The van der Waals surface area contributed by atoms with Gasteiger partial charge in [-0.3, -0.25) is 4.79 Å². The minimum Gasteiger partial charge on any atom is -0.396 e. The lowest BCUT2D eigenvalue weighted by molar-refractivity contribution is 0.0891. The molecule has 20 heavy (non-hydrogen) atoms. The van der Waals surface area contributed by atoms with E-state index < -0.39 is 5.82 Å². The summed E-state index contributed by atoms with van der Waals surface area (Å²) >= 11 is 0. The summed E-state index contributed by atoms with van der Waals surface area (Å²) in [7, 11) is 2.11. The van der Waals surface area contributed by atoms with Crippen LogP contribution in [0.1, 0.15) is 30.1 Å². The van der Waals surface area contributed by atoms with Crippen molar-refractivity contribution in [2.45, 2.75) is 19.8 Å². The summed E-state index contributed by atoms with van der Waals surface area (Å²) in [6, 6.07) is 4.06. The quantitative estimate of drug-likeness (QED) is 0.830. The van der Waals surface area contributed by atoms with Crippen LogP contribution in [0.25, 0.3) is 0 Å². The fraction of sp³-hybridized carbons (Fsp3) is 0.533. The number of nitrogens with one attached hydrogen (secondary N) is 1. The lowest BCUT2D eigenvalue weighted by Gasteiger charge is -2.37. The third kappa shape index (κ3) is 3.48. The van der Waals surface area contributed by atoms with E-state index in [1.165, 1.54) is 18.2 Å². The van der Waals surface area contributed by atoms with Crippen molar-refractivity contribution >= 4 is 11.6 Å². The zero-order valence-corrected chi connectivity index (χ0v) is 12.1. The van der Waals surface area contributed by atoms with Crippen LogP contribution in [0.15, 0.2) is 18.2 Å². The zero-order valence-electron chi connectivity index (χ0n) is 12.1. The standard InChI is InChI=1S/C15H22FN3O/c1-15(5-7-19(2)8-6-15)10-18-14(20)11-3-4-12(16)13(17)9-11/h3-4,9H,5-8,10,17H2,1-2H3,(H,18,20). The predicted octanol–water partition coefficient (Wildman–Crippen LogP) is 1.87. The number of piperidine rings is 1. The second-order valence-electron chi connectivity index (χ2n) is 6.03. The van der Waals surface area contributed by atoms with Crippen LogP contribution in [0, 0.1) is 11.2 Å². The van der Waals surface area contributed by atoms with Crippen LogP contribution < -0.4 is 11.1 Å². The highest BCUT2D eigenvalue weighted by Gasteiger charge is 2.29. The molecule has 5 heteroatoms. The Balaban J connectivity index is 1.93. The van der Waals surface area contributed by atoms with E-state index in [9.17, 15) is 9.18 Å². The van der Waals surface area contributed by atoms with Crippen LogP contribution in [0.4, 0.5) is 10.1 Å². The van der Waals surface area contributed by atoms with Crippen molar-refractivity contribution in [3.63, 3.8) is 0 Å². The van der Waals surface area contributed by atoms with Gasteiger partial charge in [0.25, 0.3) is 5.91 Å². The third-order valence-corrected chi connectivity index (χ3v) is 4.13. The summed E-state index contributed by atoms with van der Waals surface area (Å²) in [6.07, 6.45) is 2.13. The highest BCUT2D eigenvalue weighted by atomic mass is 19.1. The molecule has 1 aromatic rings. The fourth-order valence-electron chi connectivity index (χ4n) is 2.42. The molecule has 0 aromatic heterocycles. The molecule has 1 heterocycles. The second-order valence-corrected chi connectivity index (χ2v) is 6.03. The third-order valence-electron chi connectivity index (χ3n) is 4.13. The Bertz CT molecular complexity index is 496. The number of carbonyl (C=O) groups excluding carboxylic acids is 1. The van der Waals surface area contributed by atoms with E-state index in [4.69, 9.17) is 5.73 Å². The molecule has 2 rings (SSSR count). The van der Waals surface area contributed by atoms with Crippen molar-refractivity contribution in [2.75, 3.05) is 32.4 Å². The van der Waals surface area contributed by atoms with Gasteiger partial charge in [-0.25, -0.2) is 4.39 Å². The Hall–Kier alpha value is -1.62. The molecule has 0 radical (unpaired) electrons. The van der Waals surface area contributed by atoms with Crippen molar-refractivity contribution in [1.82, 2.24) is 10.2 Å². The molecule has 0 spiro atoms. The van der Waals surface area contributed by atoms with Gasteiger partial charge in [0.1, 0.15) is 5.82 Å². The number of hydrogen-bond acceptors (Lipinski definition) is 3. The first-order chi connectivity index (χ1) is 9.39. The van der Waals surface area contributed by atoms with Gasteiger partial charge in [0.05, 0.1) is 5.69 Å². The molecule has 1 saturated heterocycles. The molecule has 1 amide bonds. The Morgan fingerprint density at radius 3 is 2.70 bits per heavy atom. The number of hydrogen-bond donors (Lipinski definition) is 2. The largest absolute Gasteiger partial charge is 0.396 e. The molecule has 110 valence electrons. The van der Waals surface area contributed by atoms with Crippen LogP contribution in [-0.4, -0.2) is 37.5 Å². The number of rotatable bonds is 3. The highest BCUT2D eigenvalue weighted by Crippen LogP contribution is 2.29. The van der Waals surface area contributed by atoms with Crippen molar-refractivity contribution in [1.29, 1.82) is 0 Å². The number of nitrogens with zero attached hydrogens (tertiary/aromatic N) is 1. The van der Waals surface area contributed by atoms with Gasteiger partial charge in [0.2, 0.25) is 0 Å². The number of carbonyl (C=O) groups is 1. The molecule has 0 unspecified atom stereocenters. The number of likely N-dealkylation sites (tertiary alicyclic amines) is 1. The molecule has 1 aliphatic heterocycles.